The molecule has 0 aliphatic rings. The monoisotopic (exact) mass is 393 g/mol. The first-order valence-electron chi connectivity index (χ1n) is 9.34. The predicted molar refractivity (Wildman–Crippen MR) is 111 cm³/mol. The van der Waals surface area contributed by atoms with E-state index in [4.69, 9.17) is 4.74 Å². The number of carbonyl (C=O) groups is 2. The molecule has 3 rings (SSSR count). The molecule has 0 bridgehead atoms. The van der Waals surface area contributed by atoms with Crippen LogP contribution in [0.1, 0.15) is 34.1 Å². The molecule has 0 saturated heterocycles. The number of hydrogen-bond acceptors (Lipinski definition) is 5. The van der Waals surface area contributed by atoms with Gasteiger partial charge in [0.05, 0.1) is 12.0 Å². The maximum Gasteiger partial charge on any atom is 0.343 e. The first-order chi connectivity index (χ1) is 13.8. The van der Waals surface area contributed by atoms with E-state index in [1.165, 1.54) is 10.8 Å². The normalized spacial score (nSPS) is 10.8. The summed E-state index contributed by atoms with van der Waals surface area (Å²) in [6.07, 6.45) is 1.34. The summed E-state index contributed by atoms with van der Waals surface area (Å²) in [6, 6.07) is 9.07. The number of esters is 1. The molecule has 0 atom stereocenters. The van der Waals surface area contributed by atoms with Gasteiger partial charge in [0.15, 0.2) is 0 Å². The van der Waals surface area contributed by atoms with E-state index >= 15 is 0 Å². The third kappa shape index (κ3) is 4.51. The molecule has 0 radical (unpaired) electrons. The number of benzene rings is 1. The second-order valence-electron chi connectivity index (χ2n) is 6.97. The smallest absolute Gasteiger partial charge is 0.343 e. The number of aryl methyl sites for hydroxylation is 3. The summed E-state index contributed by atoms with van der Waals surface area (Å²) >= 11 is 0. The van der Waals surface area contributed by atoms with E-state index < -0.39 is 11.4 Å². The molecule has 7 heteroatoms. The standard InChI is InChI=1S/C22H23N3O4/c1-5-29-22(28)18-11-25(21-17(20(18)27)7-6-15(4)23-21)12-19(26)24-16-9-13(2)8-14(3)10-16/h6-11H,5,12H2,1-4H3,(H,24,26). The van der Waals surface area contributed by atoms with Crippen LogP contribution in [0.5, 0.6) is 0 Å². The summed E-state index contributed by atoms with van der Waals surface area (Å²) in [5.41, 5.74) is 3.23. The van der Waals surface area contributed by atoms with Gasteiger partial charge in [0, 0.05) is 17.6 Å². The number of anilines is 1. The predicted octanol–water partition coefficient (Wildman–Crippen LogP) is 3.14. The lowest BCUT2D eigenvalue weighted by Crippen LogP contribution is -2.25. The molecule has 0 aliphatic carbocycles. The molecular formula is C22H23N3O4. The summed E-state index contributed by atoms with van der Waals surface area (Å²) in [5, 5.41) is 3.12. The van der Waals surface area contributed by atoms with Crippen LogP contribution in [0.2, 0.25) is 0 Å². The Balaban J connectivity index is 2.01. The molecule has 0 aliphatic heterocycles. The number of nitrogens with one attached hydrogen (secondary N) is 1. The quantitative estimate of drug-likeness (QED) is 0.673. The fraction of sp³-hybridized carbons (Fsp3) is 0.273. The highest BCUT2D eigenvalue weighted by molar-refractivity contribution is 5.95. The van der Waals surface area contributed by atoms with E-state index in [1.807, 2.05) is 32.0 Å². The minimum Gasteiger partial charge on any atom is -0.462 e. The number of amides is 1. The number of nitrogens with zero attached hydrogens (tertiary/aromatic N) is 2. The van der Waals surface area contributed by atoms with Crippen LogP contribution in [-0.2, 0) is 16.1 Å². The highest BCUT2D eigenvalue weighted by atomic mass is 16.5. The fourth-order valence-corrected chi connectivity index (χ4v) is 3.24. The maximum atomic E-state index is 12.7. The van der Waals surface area contributed by atoms with Gasteiger partial charge in [0.1, 0.15) is 17.8 Å². The molecule has 1 N–H and O–H groups in total. The summed E-state index contributed by atoms with van der Waals surface area (Å²) in [7, 11) is 0. The van der Waals surface area contributed by atoms with E-state index in [1.54, 1.807) is 26.0 Å². The van der Waals surface area contributed by atoms with Crippen LogP contribution < -0.4 is 10.7 Å². The van der Waals surface area contributed by atoms with Crippen molar-refractivity contribution in [3.63, 3.8) is 0 Å². The van der Waals surface area contributed by atoms with Crippen molar-refractivity contribution in [1.29, 1.82) is 0 Å². The van der Waals surface area contributed by atoms with Crippen LogP contribution in [0.25, 0.3) is 11.0 Å². The number of carbonyl (C=O) groups excluding carboxylic acids is 2. The lowest BCUT2D eigenvalue weighted by atomic mass is 10.1. The minimum atomic E-state index is -0.719. The zero-order chi connectivity index (χ0) is 21.1. The van der Waals surface area contributed by atoms with Gasteiger partial charge in [-0.3, -0.25) is 9.59 Å². The van der Waals surface area contributed by atoms with Gasteiger partial charge in [-0.15, -0.1) is 0 Å². The number of rotatable bonds is 5. The van der Waals surface area contributed by atoms with E-state index in [2.05, 4.69) is 10.3 Å². The van der Waals surface area contributed by atoms with Crippen molar-refractivity contribution in [2.45, 2.75) is 34.2 Å². The lowest BCUT2D eigenvalue weighted by molar-refractivity contribution is -0.116. The number of fused-ring (bicyclic) bond motifs is 1. The molecule has 2 heterocycles. The average Bonchev–Trinajstić information content (AvgIpc) is 2.63. The van der Waals surface area contributed by atoms with E-state index in [-0.39, 0.29) is 30.0 Å². The summed E-state index contributed by atoms with van der Waals surface area (Å²) < 4.78 is 6.50. The van der Waals surface area contributed by atoms with Crippen LogP contribution in [0.3, 0.4) is 0 Å². The molecule has 1 amide bonds. The number of hydrogen-bond donors (Lipinski definition) is 1. The first kappa shape index (κ1) is 20.3. The molecular weight excluding hydrogens is 370 g/mol. The topological polar surface area (TPSA) is 90.3 Å². The molecule has 0 saturated carbocycles. The lowest BCUT2D eigenvalue weighted by Gasteiger charge is -2.13. The Labute approximate surface area is 168 Å². The first-order valence-corrected chi connectivity index (χ1v) is 9.34. The number of aromatic nitrogens is 2. The SMILES string of the molecule is CCOC(=O)c1cn(CC(=O)Nc2cc(C)cc(C)c2)c2nc(C)ccc2c1=O. The van der Waals surface area contributed by atoms with Gasteiger partial charge in [0.25, 0.3) is 0 Å². The Morgan fingerprint density at radius 1 is 1.10 bits per heavy atom. The largest absolute Gasteiger partial charge is 0.462 e. The van der Waals surface area contributed by atoms with Gasteiger partial charge < -0.3 is 14.6 Å². The van der Waals surface area contributed by atoms with Crippen molar-refractivity contribution in [2.75, 3.05) is 11.9 Å². The molecule has 0 spiro atoms. The summed E-state index contributed by atoms with van der Waals surface area (Å²) in [5.74, 6) is -1.01. The van der Waals surface area contributed by atoms with Gasteiger partial charge in [-0.1, -0.05) is 6.07 Å². The van der Waals surface area contributed by atoms with Crippen molar-refractivity contribution in [3.05, 3.63) is 69.1 Å². The van der Waals surface area contributed by atoms with Crippen LogP contribution in [0.15, 0.2) is 41.3 Å². The van der Waals surface area contributed by atoms with Crippen LogP contribution in [0.4, 0.5) is 5.69 Å². The van der Waals surface area contributed by atoms with Gasteiger partial charge in [0.2, 0.25) is 11.3 Å². The average molecular weight is 393 g/mol. The Morgan fingerprint density at radius 3 is 2.45 bits per heavy atom. The molecule has 1 aromatic carbocycles. The van der Waals surface area contributed by atoms with Gasteiger partial charge in [-0.2, -0.15) is 0 Å². The third-order valence-corrected chi connectivity index (χ3v) is 4.38. The van der Waals surface area contributed by atoms with Gasteiger partial charge >= 0.3 is 5.97 Å². The number of ether oxygens (including phenoxy) is 1. The zero-order valence-corrected chi connectivity index (χ0v) is 16.9. The minimum absolute atomic E-state index is 0.105. The molecule has 3 aromatic rings. The third-order valence-electron chi connectivity index (χ3n) is 4.38. The number of pyridine rings is 2. The zero-order valence-electron chi connectivity index (χ0n) is 16.9. The molecule has 150 valence electrons. The van der Waals surface area contributed by atoms with Crippen molar-refractivity contribution in [1.82, 2.24) is 9.55 Å². The van der Waals surface area contributed by atoms with Crippen molar-refractivity contribution < 1.29 is 14.3 Å². The van der Waals surface area contributed by atoms with Crippen molar-refractivity contribution >= 4 is 28.6 Å². The summed E-state index contributed by atoms with van der Waals surface area (Å²) in [4.78, 5) is 42.0. The maximum absolute atomic E-state index is 12.7. The van der Waals surface area contributed by atoms with Crippen LogP contribution >= 0.6 is 0 Å². The second kappa shape index (κ2) is 8.26. The molecule has 0 fully saturated rings. The van der Waals surface area contributed by atoms with Crippen LogP contribution in [0, 0.1) is 20.8 Å². The van der Waals surface area contributed by atoms with E-state index in [9.17, 15) is 14.4 Å². The van der Waals surface area contributed by atoms with E-state index in [0.717, 1.165) is 11.1 Å². The van der Waals surface area contributed by atoms with E-state index in [0.29, 0.717) is 17.0 Å². The Hall–Kier alpha value is -3.48. The fourth-order valence-electron chi connectivity index (χ4n) is 3.24. The van der Waals surface area contributed by atoms with Gasteiger partial charge in [-0.25, -0.2) is 9.78 Å². The Morgan fingerprint density at radius 2 is 1.79 bits per heavy atom. The van der Waals surface area contributed by atoms with Gasteiger partial charge in [-0.05, 0) is 63.1 Å². The highest BCUT2D eigenvalue weighted by Crippen LogP contribution is 2.15. The molecule has 0 unspecified atom stereocenters. The van der Waals surface area contributed by atoms with Crippen LogP contribution in [-0.4, -0.2) is 28.0 Å². The van der Waals surface area contributed by atoms with Crippen molar-refractivity contribution in [2.24, 2.45) is 0 Å². The second-order valence-corrected chi connectivity index (χ2v) is 6.97. The summed E-state index contributed by atoms with van der Waals surface area (Å²) in [6.45, 7) is 7.41. The molecule has 7 nitrogen and oxygen atoms in total. The highest BCUT2D eigenvalue weighted by Gasteiger charge is 2.18. The Bertz CT molecular complexity index is 1140. The Kier molecular flexibility index (Phi) is 5.77. The molecule has 2 aromatic heterocycles. The molecule has 29 heavy (non-hydrogen) atoms. The van der Waals surface area contributed by atoms with Crippen molar-refractivity contribution in [3.8, 4) is 0 Å².